The lowest BCUT2D eigenvalue weighted by atomic mass is 9.72. The highest BCUT2D eigenvalue weighted by Crippen LogP contribution is 2.56. The zero-order valence-electron chi connectivity index (χ0n) is 20.8. The second-order valence-corrected chi connectivity index (χ2v) is 12.4. The van der Waals surface area contributed by atoms with Crippen LogP contribution in [0, 0.1) is 18.8 Å². The maximum atomic E-state index is 11.9. The molecule has 3 saturated carbocycles. The van der Waals surface area contributed by atoms with Crippen molar-refractivity contribution < 1.29 is 30.9 Å². The molecule has 2 bridgehead atoms. The van der Waals surface area contributed by atoms with E-state index in [1.807, 2.05) is 0 Å². The number of hydrogen-bond acceptors (Lipinski definition) is 3. The van der Waals surface area contributed by atoms with Crippen LogP contribution in [0.3, 0.4) is 0 Å². The Hall–Kier alpha value is -2.41. The molecule has 4 aliphatic carbocycles. The lowest BCUT2D eigenvalue weighted by Gasteiger charge is -2.31. The number of hydrogen-bond donors (Lipinski definition) is 1. The third kappa shape index (κ3) is 4.80. The van der Waals surface area contributed by atoms with Crippen molar-refractivity contribution in [3.8, 4) is 11.1 Å². The quantitative estimate of drug-likeness (QED) is 0.214. The maximum absolute atomic E-state index is 11.9. The van der Waals surface area contributed by atoms with Crippen LogP contribution in [-0.4, -0.2) is 24.4 Å². The van der Waals surface area contributed by atoms with Crippen LogP contribution >= 0.6 is 0 Å². The summed E-state index contributed by atoms with van der Waals surface area (Å²) in [6.45, 7) is 2.37. The number of benzene rings is 2. The lowest BCUT2D eigenvalue weighted by Crippen LogP contribution is -2.21. The van der Waals surface area contributed by atoms with Crippen molar-refractivity contribution in [2.24, 2.45) is 11.8 Å². The maximum Gasteiger partial charge on any atom is 0.522 e. The second-order valence-electron chi connectivity index (χ2n) is 11.0. The fourth-order valence-electron chi connectivity index (χ4n) is 7.37. The van der Waals surface area contributed by atoms with Gasteiger partial charge in [0, 0.05) is 11.5 Å². The Kier molecular flexibility index (Phi) is 6.88. The van der Waals surface area contributed by atoms with E-state index in [2.05, 4.69) is 43.2 Å². The van der Waals surface area contributed by atoms with Crippen LogP contribution in [0.5, 0.6) is 0 Å². The first-order valence-electron chi connectivity index (χ1n) is 13.0. The first-order valence-corrected chi connectivity index (χ1v) is 14.5. The molecule has 4 nitrogen and oxygen atoms in total. The van der Waals surface area contributed by atoms with E-state index >= 15 is 0 Å². The van der Waals surface area contributed by atoms with Crippen LogP contribution in [-0.2, 0) is 21.3 Å². The number of carbonyl (C=O) groups excluding carboxylic acids is 1. The number of rotatable bonds is 2. The van der Waals surface area contributed by atoms with Crippen molar-refractivity contribution in [2.75, 3.05) is 0 Å². The van der Waals surface area contributed by atoms with Gasteiger partial charge in [-0.3, -0.25) is 4.55 Å². The van der Waals surface area contributed by atoms with E-state index in [9.17, 15) is 18.0 Å². The monoisotopic (exact) mass is 532 g/mol. The Morgan fingerprint density at radius 2 is 1.76 bits per heavy atom. The molecule has 1 N–H and O–H groups in total. The highest BCUT2D eigenvalue weighted by Gasteiger charge is 2.44. The number of allylic oxidation sites excluding steroid dienone is 1. The van der Waals surface area contributed by atoms with Gasteiger partial charge in [-0.05, 0) is 109 Å². The van der Waals surface area contributed by atoms with Gasteiger partial charge in [0.15, 0.2) is 0 Å². The van der Waals surface area contributed by atoms with E-state index in [0.717, 1.165) is 49.0 Å². The molecule has 2 aromatic rings. The van der Waals surface area contributed by atoms with Crippen molar-refractivity contribution in [3.05, 3.63) is 63.7 Å². The van der Waals surface area contributed by atoms with Crippen molar-refractivity contribution in [1.82, 2.24) is 0 Å². The summed E-state index contributed by atoms with van der Waals surface area (Å²) in [4.78, 5) is 11.9. The molecule has 0 radical (unpaired) electrons. The molecule has 4 aliphatic rings. The van der Waals surface area contributed by atoms with Crippen LogP contribution in [0.4, 0.5) is 13.2 Å². The zero-order valence-corrected chi connectivity index (χ0v) is 21.6. The molecule has 0 aromatic heterocycles. The zero-order chi connectivity index (χ0) is 26.5. The molecule has 4 atom stereocenters. The first-order chi connectivity index (χ1) is 17.5. The van der Waals surface area contributed by atoms with Crippen LogP contribution in [0.1, 0.15) is 91.0 Å². The Labute approximate surface area is 215 Å². The molecule has 0 heterocycles. The molecule has 37 heavy (non-hydrogen) atoms. The van der Waals surface area contributed by atoms with Crippen molar-refractivity contribution in [2.45, 2.75) is 82.1 Å². The van der Waals surface area contributed by atoms with Gasteiger partial charge in [-0.2, -0.15) is 21.6 Å². The summed E-state index contributed by atoms with van der Waals surface area (Å²) in [7, 11) is -5.84. The van der Waals surface area contributed by atoms with Gasteiger partial charge in [-0.15, -0.1) is 0 Å². The Balaban J connectivity index is 0.000000307. The smallest absolute Gasteiger partial charge is 0.279 e. The SMILES string of the molecule is Cc1c(C2CC3CCC2C3)cc2c(c1C1CCCCC1=C=O)Cc1ccccc1-2.O=S(=O)(O)C(F)(F)F. The van der Waals surface area contributed by atoms with E-state index in [4.69, 9.17) is 13.0 Å². The summed E-state index contributed by atoms with van der Waals surface area (Å²) in [6.07, 6.45) is 11.2. The highest BCUT2D eigenvalue weighted by molar-refractivity contribution is 7.86. The van der Waals surface area contributed by atoms with E-state index in [0.29, 0.717) is 5.92 Å². The molecule has 0 aliphatic heterocycles. The summed E-state index contributed by atoms with van der Waals surface area (Å²) >= 11 is 0. The van der Waals surface area contributed by atoms with Gasteiger partial charge in [-0.1, -0.05) is 43.2 Å². The minimum absolute atomic E-state index is 0.294. The van der Waals surface area contributed by atoms with Gasteiger partial charge in [0.25, 0.3) is 0 Å². The number of alkyl halides is 3. The van der Waals surface area contributed by atoms with E-state index in [-0.39, 0.29) is 0 Å². The van der Waals surface area contributed by atoms with Crippen LogP contribution in [0.2, 0.25) is 0 Å². The summed E-state index contributed by atoms with van der Waals surface area (Å²) in [6, 6.07) is 11.5. The molecule has 0 spiro atoms. The summed E-state index contributed by atoms with van der Waals surface area (Å²) in [5.74, 6) is 5.24. The topological polar surface area (TPSA) is 71.4 Å². The lowest BCUT2D eigenvalue weighted by molar-refractivity contribution is -0.0510. The molecule has 3 fully saturated rings. The Bertz CT molecular complexity index is 1370. The highest BCUT2D eigenvalue weighted by atomic mass is 32.2. The van der Waals surface area contributed by atoms with Crippen molar-refractivity contribution in [1.29, 1.82) is 0 Å². The molecular formula is C29H31F3O4S. The third-order valence-corrected chi connectivity index (χ3v) is 9.57. The van der Waals surface area contributed by atoms with E-state index in [1.165, 1.54) is 65.5 Å². The fraction of sp³-hybridized carbons (Fsp3) is 0.517. The van der Waals surface area contributed by atoms with Gasteiger partial charge in [-0.25, -0.2) is 4.79 Å². The van der Waals surface area contributed by atoms with E-state index < -0.39 is 15.6 Å². The fourth-order valence-corrected chi connectivity index (χ4v) is 7.37. The third-order valence-electron chi connectivity index (χ3n) is 8.98. The number of halogens is 3. The first kappa shape index (κ1) is 26.2. The molecule has 198 valence electrons. The van der Waals surface area contributed by atoms with Crippen LogP contribution < -0.4 is 0 Å². The minimum Gasteiger partial charge on any atom is -0.279 e. The van der Waals surface area contributed by atoms with Crippen LogP contribution in [0.15, 0.2) is 35.9 Å². The molecular weight excluding hydrogens is 501 g/mol. The molecule has 0 saturated heterocycles. The Morgan fingerprint density at radius 3 is 2.38 bits per heavy atom. The summed E-state index contributed by atoms with van der Waals surface area (Å²) in [5, 5.41) is 0. The van der Waals surface area contributed by atoms with Gasteiger partial charge in [0.05, 0.1) is 0 Å². The molecule has 0 amide bonds. The second kappa shape index (κ2) is 9.72. The molecule has 6 rings (SSSR count). The van der Waals surface area contributed by atoms with Gasteiger partial charge < -0.3 is 0 Å². The normalized spacial score (nSPS) is 26.2. The minimum atomic E-state index is -5.84. The van der Waals surface area contributed by atoms with E-state index in [1.54, 1.807) is 5.56 Å². The molecule has 8 heteroatoms. The molecule has 2 aromatic carbocycles. The van der Waals surface area contributed by atoms with Crippen LogP contribution in [0.25, 0.3) is 11.1 Å². The standard InChI is InChI=1S/C28H30O.CHF3O3S/c1-17-24(25-13-18-10-11-20(25)12-18)15-26-22-8-4-2-6-19(22)14-27(26)28(17)23-9-5-3-7-21(23)16-29;2-1(3,4)8(5,6)7/h2,4,6,8,15,18,20,23,25H,3,5,7,9-14H2,1H3;(H,5,6,7). The largest absolute Gasteiger partial charge is 0.522 e. The Morgan fingerprint density at radius 1 is 1.03 bits per heavy atom. The number of fused-ring (bicyclic) bond motifs is 5. The predicted molar refractivity (Wildman–Crippen MR) is 136 cm³/mol. The average molecular weight is 533 g/mol. The summed E-state index contributed by atoms with van der Waals surface area (Å²) < 4.78 is 57.5. The molecule has 4 unspecified atom stereocenters. The van der Waals surface area contributed by atoms with Crippen molar-refractivity contribution >= 4 is 16.1 Å². The van der Waals surface area contributed by atoms with Gasteiger partial charge in [0.2, 0.25) is 0 Å². The van der Waals surface area contributed by atoms with Crippen molar-refractivity contribution in [3.63, 3.8) is 0 Å². The summed E-state index contributed by atoms with van der Waals surface area (Å²) in [5.41, 5.74) is 5.99. The predicted octanol–water partition coefficient (Wildman–Crippen LogP) is 7.28. The van der Waals surface area contributed by atoms with Gasteiger partial charge in [0.1, 0.15) is 5.94 Å². The van der Waals surface area contributed by atoms with Gasteiger partial charge >= 0.3 is 15.6 Å². The average Bonchev–Trinajstić information content (AvgIpc) is 3.57.